The quantitative estimate of drug-likeness (QED) is 0.300. The summed E-state index contributed by atoms with van der Waals surface area (Å²) in [5, 5.41) is 3.09. The lowest BCUT2D eigenvalue weighted by Gasteiger charge is -2.33. The van der Waals surface area contributed by atoms with Crippen LogP contribution in [0.25, 0.3) is 0 Å². The molecule has 0 unspecified atom stereocenters. The Hall–Kier alpha value is -3.56. The molecule has 0 saturated carbocycles. The molecule has 0 fully saturated rings. The van der Waals surface area contributed by atoms with Gasteiger partial charge in [0.2, 0.25) is 11.8 Å². The second-order valence-corrected chi connectivity index (χ2v) is 12.0. The lowest BCUT2D eigenvalue weighted by Crippen LogP contribution is -2.52. The Balaban J connectivity index is 2.06. The fraction of sp³-hybridized carbons (Fsp3) is 0.333. The van der Waals surface area contributed by atoms with Crippen molar-refractivity contribution in [2.75, 3.05) is 24.5 Å². The van der Waals surface area contributed by atoms with Crippen LogP contribution >= 0.6 is 11.6 Å². The van der Waals surface area contributed by atoms with Crippen molar-refractivity contribution in [1.82, 2.24) is 10.2 Å². The van der Waals surface area contributed by atoms with E-state index >= 15 is 0 Å². The van der Waals surface area contributed by atoms with Gasteiger partial charge in [0.15, 0.2) is 0 Å². The van der Waals surface area contributed by atoms with Crippen LogP contribution in [-0.4, -0.2) is 51.4 Å². The first-order chi connectivity index (χ1) is 19.1. The second kappa shape index (κ2) is 14.2. The minimum atomic E-state index is -4.18. The van der Waals surface area contributed by atoms with E-state index in [-0.39, 0.29) is 34.0 Å². The molecular formula is C30H36ClN3O5S. The number of hydrogen-bond donors (Lipinski definition) is 1. The standard InChI is InChI=1S/C30H36ClN3O5S/c1-5-27(30(36)32-19-22(2)3)33(20-23-12-11-13-24(18-23)39-4)29(35)21-34(28-17-10-9-16-26(28)31)40(37,38)25-14-7-6-8-15-25/h6-18,22,27H,5,19-21H2,1-4H3,(H,32,36)/t27-/m0/s1. The van der Waals surface area contributed by atoms with Crippen LogP contribution in [0.4, 0.5) is 5.69 Å². The van der Waals surface area contributed by atoms with Gasteiger partial charge in [0.1, 0.15) is 18.3 Å². The third-order valence-electron chi connectivity index (χ3n) is 6.29. The number of nitrogens with zero attached hydrogens (tertiary/aromatic N) is 2. The topological polar surface area (TPSA) is 96.0 Å². The minimum absolute atomic E-state index is 0.0174. The molecule has 40 heavy (non-hydrogen) atoms. The SMILES string of the molecule is CC[C@@H](C(=O)NCC(C)C)N(Cc1cccc(OC)c1)C(=O)CN(c1ccccc1Cl)S(=O)(=O)c1ccccc1. The first-order valence-electron chi connectivity index (χ1n) is 13.1. The molecule has 0 radical (unpaired) electrons. The van der Waals surface area contributed by atoms with Crippen molar-refractivity contribution < 1.29 is 22.7 Å². The number of rotatable bonds is 13. The van der Waals surface area contributed by atoms with Gasteiger partial charge in [-0.05, 0) is 54.3 Å². The molecule has 3 aromatic rings. The molecule has 0 bridgehead atoms. The molecule has 0 heterocycles. The van der Waals surface area contributed by atoms with E-state index in [0.717, 1.165) is 9.87 Å². The molecule has 10 heteroatoms. The number of sulfonamides is 1. The van der Waals surface area contributed by atoms with Gasteiger partial charge in [-0.1, -0.05) is 74.8 Å². The largest absolute Gasteiger partial charge is 0.497 e. The van der Waals surface area contributed by atoms with Crippen LogP contribution in [0.15, 0.2) is 83.8 Å². The number of halogens is 1. The van der Waals surface area contributed by atoms with Crippen LogP contribution in [0.1, 0.15) is 32.8 Å². The van der Waals surface area contributed by atoms with Crippen LogP contribution in [-0.2, 0) is 26.2 Å². The van der Waals surface area contributed by atoms with Crippen LogP contribution in [0.3, 0.4) is 0 Å². The zero-order valence-corrected chi connectivity index (χ0v) is 24.8. The Labute approximate surface area is 241 Å². The maximum atomic E-state index is 14.1. The summed E-state index contributed by atoms with van der Waals surface area (Å²) in [5.74, 6) is -0.0290. The number of carbonyl (C=O) groups excluding carboxylic acids is 2. The maximum absolute atomic E-state index is 14.1. The molecule has 0 aliphatic rings. The van der Waals surface area contributed by atoms with Gasteiger partial charge in [-0.15, -0.1) is 0 Å². The van der Waals surface area contributed by atoms with E-state index in [0.29, 0.717) is 18.7 Å². The Morgan fingerprint density at radius 3 is 2.27 bits per heavy atom. The summed E-state index contributed by atoms with van der Waals surface area (Å²) in [7, 11) is -2.63. The summed E-state index contributed by atoms with van der Waals surface area (Å²) in [6.07, 6.45) is 0.331. The third-order valence-corrected chi connectivity index (χ3v) is 8.38. The van der Waals surface area contributed by atoms with E-state index in [9.17, 15) is 18.0 Å². The molecule has 1 atom stereocenters. The highest BCUT2D eigenvalue weighted by molar-refractivity contribution is 7.92. The van der Waals surface area contributed by atoms with E-state index in [1.807, 2.05) is 26.8 Å². The van der Waals surface area contributed by atoms with Crippen LogP contribution in [0.2, 0.25) is 5.02 Å². The van der Waals surface area contributed by atoms with Gasteiger partial charge in [-0.2, -0.15) is 0 Å². The maximum Gasteiger partial charge on any atom is 0.264 e. The molecule has 0 aliphatic heterocycles. The third kappa shape index (κ3) is 7.76. The molecule has 3 aromatic carbocycles. The molecule has 0 aliphatic carbocycles. The molecule has 2 amide bonds. The number of anilines is 1. The van der Waals surface area contributed by atoms with Crippen molar-refractivity contribution in [3.63, 3.8) is 0 Å². The highest BCUT2D eigenvalue weighted by Gasteiger charge is 2.34. The van der Waals surface area contributed by atoms with Gasteiger partial charge < -0.3 is 15.0 Å². The first-order valence-corrected chi connectivity index (χ1v) is 14.9. The van der Waals surface area contributed by atoms with Crippen molar-refractivity contribution >= 4 is 39.1 Å². The number of methoxy groups -OCH3 is 1. The second-order valence-electron chi connectivity index (χ2n) is 9.71. The number of para-hydroxylation sites is 1. The number of amides is 2. The molecule has 8 nitrogen and oxygen atoms in total. The van der Waals surface area contributed by atoms with E-state index in [1.54, 1.807) is 67.8 Å². The number of hydrogen-bond acceptors (Lipinski definition) is 5. The van der Waals surface area contributed by atoms with Gasteiger partial charge in [0.25, 0.3) is 10.0 Å². The molecule has 0 spiro atoms. The van der Waals surface area contributed by atoms with Crippen molar-refractivity contribution in [1.29, 1.82) is 0 Å². The summed E-state index contributed by atoms with van der Waals surface area (Å²) < 4.78 is 34.0. The average Bonchev–Trinajstić information content (AvgIpc) is 2.95. The molecule has 3 rings (SSSR count). The summed E-state index contributed by atoms with van der Waals surface area (Å²) >= 11 is 6.44. The molecule has 1 N–H and O–H groups in total. The smallest absolute Gasteiger partial charge is 0.264 e. The highest BCUT2D eigenvalue weighted by atomic mass is 35.5. The Kier molecular flexibility index (Phi) is 11.0. The first kappa shape index (κ1) is 31.0. The predicted molar refractivity (Wildman–Crippen MR) is 158 cm³/mol. The Bertz CT molecular complexity index is 1400. The number of carbonyl (C=O) groups is 2. The fourth-order valence-corrected chi connectivity index (χ4v) is 5.94. The van der Waals surface area contributed by atoms with Gasteiger partial charge in [0.05, 0.1) is 22.7 Å². The molecule has 0 aromatic heterocycles. The van der Waals surface area contributed by atoms with Crippen LogP contribution < -0.4 is 14.4 Å². The van der Waals surface area contributed by atoms with Gasteiger partial charge in [-0.3, -0.25) is 13.9 Å². The predicted octanol–water partition coefficient (Wildman–Crippen LogP) is 5.12. The van der Waals surface area contributed by atoms with Gasteiger partial charge in [-0.25, -0.2) is 8.42 Å². The molecular weight excluding hydrogens is 550 g/mol. The summed E-state index contributed by atoms with van der Waals surface area (Å²) in [6.45, 7) is 5.75. The van der Waals surface area contributed by atoms with Gasteiger partial charge >= 0.3 is 0 Å². The lowest BCUT2D eigenvalue weighted by molar-refractivity contribution is -0.140. The minimum Gasteiger partial charge on any atom is -0.497 e. The van der Waals surface area contributed by atoms with Crippen molar-refractivity contribution in [2.24, 2.45) is 5.92 Å². The molecule has 214 valence electrons. The van der Waals surface area contributed by atoms with Crippen molar-refractivity contribution in [2.45, 2.75) is 44.7 Å². The summed E-state index contributed by atoms with van der Waals surface area (Å²) in [5.41, 5.74) is 0.901. The van der Waals surface area contributed by atoms with Crippen LogP contribution in [0.5, 0.6) is 5.75 Å². The summed E-state index contributed by atoms with van der Waals surface area (Å²) in [6, 6.07) is 20.7. The number of ether oxygens (including phenoxy) is 1. The fourth-order valence-electron chi connectivity index (χ4n) is 4.20. The Morgan fingerprint density at radius 1 is 0.975 bits per heavy atom. The van der Waals surface area contributed by atoms with Crippen molar-refractivity contribution in [3.8, 4) is 5.75 Å². The monoisotopic (exact) mass is 585 g/mol. The Morgan fingerprint density at radius 2 is 1.65 bits per heavy atom. The highest BCUT2D eigenvalue weighted by Crippen LogP contribution is 2.31. The zero-order chi connectivity index (χ0) is 29.3. The van der Waals surface area contributed by atoms with Crippen LogP contribution in [0, 0.1) is 5.92 Å². The van der Waals surface area contributed by atoms with E-state index < -0.39 is 28.5 Å². The zero-order valence-electron chi connectivity index (χ0n) is 23.2. The normalized spacial score (nSPS) is 12.1. The lowest BCUT2D eigenvalue weighted by atomic mass is 10.1. The van der Waals surface area contributed by atoms with E-state index in [4.69, 9.17) is 16.3 Å². The van der Waals surface area contributed by atoms with E-state index in [1.165, 1.54) is 17.0 Å². The average molecular weight is 586 g/mol. The number of nitrogens with one attached hydrogen (secondary N) is 1. The van der Waals surface area contributed by atoms with Gasteiger partial charge in [0, 0.05) is 13.1 Å². The van der Waals surface area contributed by atoms with E-state index in [2.05, 4.69) is 5.32 Å². The number of benzene rings is 3. The summed E-state index contributed by atoms with van der Waals surface area (Å²) in [4.78, 5) is 28.8. The van der Waals surface area contributed by atoms with Crippen molar-refractivity contribution in [3.05, 3.63) is 89.4 Å². The molecule has 0 saturated heterocycles.